The molecule has 4 heteroatoms. The van der Waals surface area contributed by atoms with Gasteiger partial charge in [-0.25, -0.2) is 0 Å². The van der Waals surface area contributed by atoms with Crippen molar-refractivity contribution in [2.75, 3.05) is 19.7 Å². The van der Waals surface area contributed by atoms with E-state index in [1.54, 1.807) is 24.3 Å². The van der Waals surface area contributed by atoms with E-state index in [0.29, 0.717) is 16.5 Å². The summed E-state index contributed by atoms with van der Waals surface area (Å²) in [4.78, 5) is 14.0. The Labute approximate surface area is 106 Å². The van der Waals surface area contributed by atoms with Crippen molar-refractivity contribution in [1.29, 1.82) is 0 Å². The monoisotopic (exact) mass is 253 g/mol. The van der Waals surface area contributed by atoms with Gasteiger partial charge in [-0.1, -0.05) is 17.7 Å². The fourth-order valence-electron chi connectivity index (χ4n) is 2.12. The molecule has 1 saturated heterocycles. The van der Waals surface area contributed by atoms with Crippen LogP contribution in [-0.2, 0) is 0 Å². The van der Waals surface area contributed by atoms with E-state index in [2.05, 4.69) is 0 Å². The van der Waals surface area contributed by atoms with E-state index in [1.807, 2.05) is 4.90 Å². The van der Waals surface area contributed by atoms with Crippen LogP contribution in [0, 0.1) is 5.92 Å². The second-order valence-corrected chi connectivity index (χ2v) is 4.86. The predicted octanol–water partition coefficient (Wildman–Crippen LogP) is 2.18. The number of carbonyl (C=O) groups is 1. The zero-order valence-electron chi connectivity index (χ0n) is 9.60. The minimum atomic E-state index is 0.0314. The molecule has 1 aliphatic rings. The molecule has 0 unspecified atom stereocenters. The summed E-state index contributed by atoms with van der Waals surface area (Å²) in [6, 6.07) is 7.03. The third-order valence-corrected chi connectivity index (χ3v) is 3.47. The van der Waals surface area contributed by atoms with Crippen LogP contribution in [-0.4, -0.2) is 35.6 Å². The van der Waals surface area contributed by atoms with Crippen molar-refractivity contribution in [3.8, 4) is 0 Å². The van der Waals surface area contributed by atoms with Gasteiger partial charge in [-0.05, 0) is 37.0 Å². The first-order valence-corrected chi connectivity index (χ1v) is 6.24. The number of halogens is 1. The van der Waals surface area contributed by atoms with E-state index in [-0.39, 0.29) is 12.5 Å². The summed E-state index contributed by atoms with van der Waals surface area (Å²) < 4.78 is 0. The van der Waals surface area contributed by atoms with E-state index in [0.717, 1.165) is 25.9 Å². The van der Waals surface area contributed by atoms with E-state index in [4.69, 9.17) is 16.7 Å². The Kier molecular flexibility index (Phi) is 4.02. The van der Waals surface area contributed by atoms with Gasteiger partial charge in [0.05, 0.1) is 0 Å². The number of carbonyl (C=O) groups excluding carboxylic acids is 1. The standard InChI is InChI=1S/C13H16ClNO2/c14-12-3-1-2-11(8-12)13(17)15-6-4-10(9-16)5-7-15/h1-3,8,10,16H,4-7,9H2. The van der Waals surface area contributed by atoms with Crippen LogP contribution < -0.4 is 0 Å². The summed E-state index contributed by atoms with van der Waals surface area (Å²) in [5.74, 6) is 0.377. The summed E-state index contributed by atoms with van der Waals surface area (Å²) >= 11 is 5.87. The smallest absolute Gasteiger partial charge is 0.253 e. The van der Waals surface area contributed by atoms with Crippen LogP contribution in [0.25, 0.3) is 0 Å². The van der Waals surface area contributed by atoms with Gasteiger partial charge in [0, 0.05) is 30.3 Å². The maximum atomic E-state index is 12.2. The lowest BCUT2D eigenvalue weighted by Crippen LogP contribution is -2.39. The molecule has 1 N–H and O–H groups in total. The molecule has 0 atom stereocenters. The topological polar surface area (TPSA) is 40.5 Å². The van der Waals surface area contributed by atoms with Crippen LogP contribution in [0.3, 0.4) is 0 Å². The molecule has 0 aromatic heterocycles. The lowest BCUT2D eigenvalue weighted by atomic mass is 9.97. The zero-order valence-corrected chi connectivity index (χ0v) is 10.4. The lowest BCUT2D eigenvalue weighted by Gasteiger charge is -2.31. The second-order valence-electron chi connectivity index (χ2n) is 4.43. The van der Waals surface area contributed by atoms with Gasteiger partial charge in [0.15, 0.2) is 0 Å². The predicted molar refractivity (Wildman–Crippen MR) is 67.2 cm³/mol. The minimum Gasteiger partial charge on any atom is -0.396 e. The molecule has 1 amide bonds. The van der Waals surface area contributed by atoms with Gasteiger partial charge in [-0.2, -0.15) is 0 Å². The Morgan fingerprint density at radius 2 is 2.12 bits per heavy atom. The van der Waals surface area contributed by atoms with Crippen molar-refractivity contribution >= 4 is 17.5 Å². The summed E-state index contributed by atoms with van der Waals surface area (Å²) in [5.41, 5.74) is 0.639. The molecule has 0 aliphatic carbocycles. The van der Waals surface area contributed by atoms with Crippen molar-refractivity contribution < 1.29 is 9.90 Å². The molecule has 0 radical (unpaired) electrons. The minimum absolute atomic E-state index is 0.0314. The largest absolute Gasteiger partial charge is 0.396 e. The molecule has 1 aliphatic heterocycles. The average molecular weight is 254 g/mol. The van der Waals surface area contributed by atoms with Crippen LogP contribution in [0.1, 0.15) is 23.2 Å². The van der Waals surface area contributed by atoms with Crippen molar-refractivity contribution in [1.82, 2.24) is 4.90 Å². The van der Waals surface area contributed by atoms with Gasteiger partial charge in [-0.15, -0.1) is 0 Å². The first-order valence-electron chi connectivity index (χ1n) is 5.86. The third kappa shape index (κ3) is 2.99. The lowest BCUT2D eigenvalue weighted by molar-refractivity contribution is 0.0651. The molecule has 1 fully saturated rings. The summed E-state index contributed by atoms with van der Waals surface area (Å²) in [6.07, 6.45) is 1.76. The van der Waals surface area contributed by atoms with Crippen molar-refractivity contribution in [2.24, 2.45) is 5.92 Å². The van der Waals surface area contributed by atoms with Crippen LogP contribution in [0.2, 0.25) is 5.02 Å². The first kappa shape index (κ1) is 12.4. The number of piperidine rings is 1. The highest BCUT2D eigenvalue weighted by Crippen LogP contribution is 2.19. The number of amides is 1. The van der Waals surface area contributed by atoms with Crippen LogP contribution >= 0.6 is 11.6 Å². The highest BCUT2D eigenvalue weighted by atomic mass is 35.5. The van der Waals surface area contributed by atoms with E-state index >= 15 is 0 Å². The van der Waals surface area contributed by atoms with Crippen LogP contribution in [0.5, 0.6) is 0 Å². The molecule has 17 heavy (non-hydrogen) atoms. The van der Waals surface area contributed by atoms with E-state index in [9.17, 15) is 4.79 Å². The number of benzene rings is 1. The molecule has 0 spiro atoms. The molecule has 0 saturated carbocycles. The van der Waals surface area contributed by atoms with Crippen molar-refractivity contribution in [3.63, 3.8) is 0 Å². The van der Waals surface area contributed by atoms with Gasteiger partial charge < -0.3 is 10.0 Å². The number of rotatable bonds is 2. The second kappa shape index (κ2) is 5.52. The third-order valence-electron chi connectivity index (χ3n) is 3.23. The maximum absolute atomic E-state index is 12.2. The zero-order chi connectivity index (χ0) is 12.3. The van der Waals surface area contributed by atoms with E-state index in [1.165, 1.54) is 0 Å². The molecular formula is C13H16ClNO2. The van der Waals surface area contributed by atoms with Gasteiger partial charge in [0.2, 0.25) is 0 Å². The Morgan fingerprint density at radius 1 is 1.41 bits per heavy atom. The fourth-order valence-corrected chi connectivity index (χ4v) is 2.31. The number of likely N-dealkylation sites (tertiary alicyclic amines) is 1. The maximum Gasteiger partial charge on any atom is 0.253 e. The normalized spacial score (nSPS) is 17.2. The summed E-state index contributed by atoms with van der Waals surface area (Å²) in [6.45, 7) is 1.66. The number of nitrogens with zero attached hydrogens (tertiary/aromatic N) is 1. The van der Waals surface area contributed by atoms with Gasteiger partial charge >= 0.3 is 0 Å². The highest BCUT2D eigenvalue weighted by Gasteiger charge is 2.23. The highest BCUT2D eigenvalue weighted by molar-refractivity contribution is 6.30. The molecule has 2 rings (SSSR count). The van der Waals surface area contributed by atoms with Gasteiger partial charge in [0.25, 0.3) is 5.91 Å². The molecule has 1 aromatic carbocycles. The Balaban J connectivity index is 2.02. The fraction of sp³-hybridized carbons (Fsp3) is 0.462. The Morgan fingerprint density at radius 3 is 2.71 bits per heavy atom. The number of aliphatic hydroxyl groups excluding tert-OH is 1. The Hall–Kier alpha value is -1.06. The molecule has 92 valence electrons. The van der Waals surface area contributed by atoms with Crippen LogP contribution in [0.15, 0.2) is 24.3 Å². The van der Waals surface area contributed by atoms with Gasteiger partial charge in [-0.3, -0.25) is 4.79 Å². The average Bonchev–Trinajstić information content (AvgIpc) is 2.38. The van der Waals surface area contributed by atoms with Crippen molar-refractivity contribution in [2.45, 2.75) is 12.8 Å². The number of aliphatic hydroxyl groups is 1. The molecule has 1 heterocycles. The SMILES string of the molecule is O=C(c1cccc(Cl)c1)N1CCC(CO)CC1. The molecule has 1 aromatic rings. The molecule has 3 nitrogen and oxygen atoms in total. The van der Waals surface area contributed by atoms with E-state index < -0.39 is 0 Å². The molecule has 0 bridgehead atoms. The summed E-state index contributed by atoms with van der Waals surface area (Å²) in [7, 11) is 0. The number of hydrogen-bond donors (Lipinski definition) is 1. The van der Waals surface area contributed by atoms with Crippen molar-refractivity contribution in [3.05, 3.63) is 34.9 Å². The summed E-state index contributed by atoms with van der Waals surface area (Å²) in [5, 5.41) is 9.63. The quantitative estimate of drug-likeness (QED) is 0.878. The first-order chi connectivity index (χ1) is 8.20. The Bertz CT molecular complexity index is 400. The van der Waals surface area contributed by atoms with Gasteiger partial charge in [0.1, 0.15) is 0 Å². The number of hydrogen-bond acceptors (Lipinski definition) is 2. The molecular weight excluding hydrogens is 238 g/mol. The van der Waals surface area contributed by atoms with Crippen LogP contribution in [0.4, 0.5) is 0 Å².